The van der Waals surface area contributed by atoms with Crippen LogP contribution in [0.15, 0.2) is 12.1 Å². The van der Waals surface area contributed by atoms with Gasteiger partial charge in [0.15, 0.2) is 11.5 Å². The number of methoxy groups -OCH3 is 2. The smallest absolute Gasteiger partial charge is 0.179 e. The van der Waals surface area contributed by atoms with Crippen molar-refractivity contribution >= 4 is 36.4 Å². The van der Waals surface area contributed by atoms with Crippen molar-refractivity contribution < 1.29 is 9.47 Å². The van der Waals surface area contributed by atoms with Gasteiger partial charge in [-0.2, -0.15) is 0 Å². The first-order valence-corrected chi connectivity index (χ1v) is 6.72. The van der Waals surface area contributed by atoms with Gasteiger partial charge in [0, 0.05) is 6.54 Å². The van der Waals surface area contributed by atoms with Gasteiger partial charge in [-0.25, -0.2) is 0 Å². The molecule has 0 saturated heterocycles. The molecule has 1 rings (SSSR count). The van der Waals surface area contributed by atoms with Gasteiger partial charge in [0.1, 0.15) is 0 Å². The first kappa shape index (κ1) is 22.9. The highest BCUT2D eigenvalue weighted by molar-refractivity contribution is 6.32. The van der Waals surface area contributed by atoms with Crippen LogP contribution in [0.4, 0.5) is 0 Å². The van der Waals surface area contributed by atoms with Crippen molar-refractivity contribution in [2.24, 2.45) is 0 Å². The summed E-state index contributed by atoms with van der Waals surface area (Å²) in [6, 6.07) is 3.85. The molecular weight excluding hydrogens is 335 g/mol. The molecule has 0 spiro atoms. The maximum absolute atomic E-state index is 6.16. The largest absolute Gasteiger partial charge is 0.493 e. The van der Waals surface area contributed by atoms with Gasteiger partial charge in [-0.05, 0) is 51.3 Å². The van der Waals surface area contributed by atoms with Crippen molar-refractivity contribution in [1.29, 1.82) is 0 Å². The van der Waals surface area contributed by atoms with E-state index in [0.717, 1.165) is 31.6 Å². The van der Waals surface area contributed by atoms with Crippen molar-refractivity contribution in [3.63, 3.8) is 0 Å². The van der Waals surface area contributed by atoms with Gasteiger partial charge in [0.05, 0.1) is 19.2 Å². The van der Waals surface area contributed by atoms with Crippen LogP contribution in [0.25, 0.3) is 0 Å². The zero-order chi connectivity index (χ0) is 14.3. The maximum atomic E-state index is 6.16. The molecule has 1 N–H and O–H groups in total. The molecule has 0 aliphatic rings. The molecule has 0 atom stereocenters. The predicted molar refractivity (Wildman–Crippen MR) is 93.9 cm³/mol. The van der Waals surface area contributed by atoms with Gasteiger partial charge in [-0.15, -0.1) is 24.8 Å². The minimum Gasteiger partial charge on any atom is -0.493 e. The lowest BCUT2D eigenvalue weighted by atomic mass is 10.2. The second-order valence-corrected chi connectivity index (χ2v) is 5.05. The van der Waals surface area contributed by atoms with Crippen LogP contribution in [-0.2, 0) is 6.54 Å². The first-order valence-electron chi connectivity index (χ1n) is 6.34. The van der Waals surface area contributed by atoms with Crippen molar-refractivity contribution in [2.45, 2.75) is 13.0 Å². The molecule has 0 amide bonds. The molecule has 0 aliphatic heterocycles. The monoisotopic (exact) mass is 358 g/mol. The fourth-order valence-electron chi connectivity index (χ4n) is 1.83. The topological polar surface area (TPSA) is 33.7 Å². The number of halogens is 3. The summed E-state index contributed by atoms with van der Waals surface area (Å²) in [6.07, 6.45) is 1.12. The molecule has 124 valence electrons. The number of hydrogen-bond donors (Lipinski definition) is 1. The van der Waals surface area contributed by atoms with Crippen LogP contribution >= 0.6 is 36.4 Å². The minimum absolute atomic E-state index is 0. The number of nitrogens with one attached hydrogen (secondary N) is 1. The lowest BCUT2D eigenvalue weighted by Gasteiger charge is -2.13. The Morgan fingerprint density at radius 1 is 1.14 bits per heavy atom. The maximum Gasteiger partial charge on any atom is 0.179 e. The summed E-state index contributed by atoms with van der Waals surface area (Å²) in [5.41, 5.74) is 1.09. The summed E-state index contributed by atoms with van der Waals surface area (Å²) in [5.74, 6) is 1.25. The number of nitrogens with zero attached hydrogens (tertiary/aromatic N) is 1. The van der Waals surface area contributed by atoms with Crippen LogP contribution in [0, 0.1) is 0 Å². The second-order valence-electron chi connectivity index (χ2n) is 4.65. The average Bonchev–Trinajstić information content (AvgIpc) is 2.37. The van der Waals surface area contributed by atoms with Crippen LogP contribution in [0.2, 0.25) is 5.02 Å². The van der Waals surface area contributed by atoms with Gasteiger partial charge in [-0.1, -0.05) is 11.6 Å². The number of rotatable bonds is 8. The molecule has 1 aromatic rings. The van der Waals surface area contributed by atoms with Crippen molar-refractivity contribution in [3.8, 4) is 11.5 Å². The molecular formula is C14H25Cl3N2O2. The van der Waals surface area contributed by atoms with E-state index in [0.29, 0.717) is 16.5 Å². The molecule has 1 aromatic carbocycles. The predicted octanol–water partition coefficient (Wildman–Crippen LogP) is 3.24. The molecule has 4 nitrogen and oxygen atoms in total. The van der Waals surface area contributed by atoms with E-state index in [1.807, 2.05) is 12.1 Å². The van der Waals surface area contributed by atoms with Crippen molar-refractivity contribution in [1.82, 2.24) is 10.2 Å². The Morgan fingerprint density at radius 2 is 1.81 bits per heavy atom. The summed E-state index contributed by atoms with van der Waals surface area (Å²) in [7, 11) is 7.35. The molecule has 0 saturated carbocycles. The molecule has 0 aliphatic carbocycles. The third-order valence-corrected chi connectivity index (χ3v) is 3.06. The van der Waals surface area contributed by atoms with Gasteiger partial charge in [0.25, 0.3) is 0 Å². The Hall–Kier alpha value is -0.390. The van der Waals surface area contributed by atoms with Crippen molar-refractivity contribution in [3.05, 3.63) is 22.7 Å². The summed E-state index contributed by atoms with van der Waals surface area (Å²) >= 11 is 6.16. The van der Waals surface area contributed by atoms with Crippen LogP contribution < -0.4 is 14.8 Å². The third-order valence-electron chi connectivity index (χ3n) is 2.78. The van der Waals surface area contributed by atoms with E-state index in [9.17, 15) is 0 Å². The van der Waals surface area contributed by atoms with Gasteiger partial charge in [0.2, 0.25) is 0 Å². The van der Waals surface area contributed by atoms with E-state index in [1.165, 1.54) is 0 Å². The Balaban J connectivity index is 0. The van der Waals surface area contributed by atoms with E-state index in [2.05, 4.69) is 24.3 Å². The standard InChI is InChI=1S/C14H23ClN2O2.2ClH/c1-17(2)7-5-6-16-10-11-8-12(15)14(19-4)13(9-11)18-3;;/h8-9,16H,5-7,10H2,1-4H3;2*1H. The molecule has 0 radical (unpaired) electrons. The second kappa shape index (κ2) is 12.2. The van der Waals surface area contributed by atoms with E-state index >= 15 is 0 Å². The zero-order valence-electron chi connectivity index (χ0n) is 12.9. The molecule has 0 unspecified atom stereocenters. The van der Waals surface area contributed by atoms with E-state index in [-0.39, 0.29) is 24.8 Å². The van der Waals surface area contributed by atoms with Crippen molar-refractivity contribution in [2.75, 3.05) is 41.4 Å². The van der Waals surface area contributed by atoms with E-state index in [4.69, 9.17) is 21.1 Å². The van der Waals surface area contributed by atoms with E-state index in [1.54, 1.807) is 14.2 Å². The molecule has 0 fully saturated rings. The number of benzene rings is 1. The molecule has 7 heteroatoms. The highest BCUT2D eigenvalue weighted by Crippen LogP contribution is 2.35. The van der Waals surface area contributed by atoms with E-state index < -0.39 is 0 Å². The molecule has 0 heterocycles. The Bertz CT molecular complexity index is 404. The van der Waals surface area contributed by atoms with Gasteiger partial charge >= 0.3 is 0 Å². The average molecular weight is 360 g/mol. The SMILES string of the molecule is COc1cc(CNCCCN(C)C)cc(Cl)c1OC.Cl.Cl. The molecule has 21 heavy (non-hydrogen) atoms. The lowest BCUT2D eigenvalue weighted by Crippen LogP contribution is -2.21. The van der Waals surface area contributed by atoms with Crippen LogP contribution in [0.3, 0.4) is 0 Å². The highest BCUT2D eigenvalue weighted by Gasteiger charge is 2.10. The summed E-state index contributed by atoms with van der Waals surface area (Å²) < 4.78 is 10.5. The number of ether oxygens (including phenoxy) is 2. The lowest BCUT2D eigenvalue weighted by molar-refractivity contribution is 0.354. The highest BCUT2D eigenvalue weighted by atomic mass is 35.5. The quantitative estimate of drug-likeness (QED) is 0.723. The fraction of sp³-hybridized carbons (Fsp3) is 0.571. The Labute approximate surface area is 144 Å². The molecule has 0 bridgehead atoms. The van der Waals surface area contributed by atoms with Crippen LogP contribution in [0.1, 0.15) is 12.0 Å². The van der Waals surface area contributed by atoms with Crippen LogP contribution in [0.5, 0.6) is 11.5 Å². The fourth-order valence-corrected chi connectivity index (χ4v) is 2.14. The third kappa shape index (κ3) is 7.98. The Morgan fingerprint density at radius 3 is 2.33 bits per heavy atom. The minimum atomic E-state index is 0. The summed E-state index contributed by atoms with van der Waals surface area (Å²) in [6.45, 7) is 2.83. The van der Waals surface area contributed by atoms with Crippen LogP contribution in [-0.4, -0.2) is 46.3 Å². The molecule has 0 aromatic heterocycles. The zero-order valence-corrected chi connectivity index (χ0v) is 15.3. The Kier molecular flexibility index (Phi) is 13.3. The first-order chi connectivity index (χ1) is 9.08. The summed E-state index contributed by atoms with van der Waals surface area (Å²) in [5, 5.41) is 3.97. The van der Waals surface area contributed by atoms with Gasteiger partial charge < -0.3 is 19.7 Å². The van der Waals surface area contributed by atoms with Gasteiger partial charge in [-0.3, -0.25) is 0 Å². The number of hydrogen-bond acceptors (Lipinski definition) is 4. The summed E-state index contributed by atoms with van der Waals surface area (Å²) in [4.78, 5) is 2.18. The normalized spacial score (nSPS) is 9.81.